The van der Waals surface area contributed by atoms with E-state index in [2.05, 4.69) is 5.16 Å². The molecule has 0 radical (unpaired) electrons. The third kappa shape index (κ3) is 2.38. The van der Waals surface area contributed by atoms with E-state index >= 15 is 0 Å². The number of hydrogen-bond acceptors (Lipinski definition) is 4. The van der Waals surface area contributed by atoms with Crippen molar-refractivity contribution in [3.05, 3.63) is 29.3 Å². The molecule has 0 aliphatic carbocycles. The van der Waals surface area contributed by atoms with Crippen LogP contribution in [-0.2, 0) is 11.3 Å². The number of rotatable bonds is 4. The topological polar surface area (TPSA) is 77.1 Å². The van der Waals surface area contributed by atoms with Gasteiger partial charge in [-0.1, -0.05) is 17.3 Å². The van der Waals surface area contributed by atoms with Gasteiger partial charge < -0.3 is 20.4 Å². The molecule has 0 heterocycles. The largest absolute Gasteiger partial charge is 0.496 e. The van der Waals surface area contributed by atoms with Crippen molar-refractivity contribution < 1.29 is 14.7 Å². The van der Waals surface area contributed by atoms with Crippen LogP contribution >= 0.6 is 0 Å². The number of benzene rings is 1. The highest BCUT2D eigenvalue weighted by atomic mass is 16.5. The van der Waals surface area contributed by atoms with E-state index in [1.54, 1.807) is 13.2 Å². The zero-order chi connectivity index (χ0) is 11.3. The van der Waals surface area contributed by atoms with Crippen LogP contribution in [0.5, 0.6) is 5.75 Å². The fraction of sp³-hybridized carbons (Fsp3) is 0.300. The normalized spacial score (nSPS) is 11.5. The quantitative estimate of drug-likeness (QED) is 0.335. The minimum absolute atomic E-state index is 0.0134. The highest BCUT2D eigenvalue weighted by Gasteiger charge is 2.12. The molecule has 0 saturated heterocycles. The molecule has 0 spiro atoms. The molecule has 3 N–H and O–H groups in total. The first-order valence-electron chi connectivity index (χ1n) is 4.37. The SMILES string of the molecule is COCc1cccc(OC)c1/C(N)=N\O. The summed E-state index contributed by atoms with van der Waals surface area (Å²) in [5.41, 5.74) is 6.94. The summed E-state index contributed by atoms with van der Waals surface area (Å²) in [5, 5.41) is 11.6. The Labute approximate surface area is 88.1 Å². The summed E-state index contributed by atoms with van der Waals surface area (Å²) < 4.78 is 10.1. The first-order valence-corrected chi connectivity index (χ1v) is 4.37. The van der Waals surface area contributed by atoms with E-state index in [0.717, 1.165) is 5.56 Å². The minimum atomic E-state index is 0.0134. The number of nitrogens with two attached hydrogens (primary N) is 1. The van der Waals surface area contributed by atoms with E-state index in [0.29, 0.717) is 17.9 Å². The molecule has 0 saturated carbocycles. The number of amidine groups is 1. The Hall–Kier alpha value is -1.75. The van der Waals surface area contributed by atoms with Gasteiger partial charge in [0.25, 0.3) is 0 Å². The summed E-state index contributed by atoms with van der Waals surface area (Å²) in [5.74, 6) is 0.569. The highest BCUT2D eigenvalue weighted by molar-refractivity contribution is 6.00. The molecule has 0 fully saturated rings. The molecule has 1 aromatic carbocycles. The summed E-state index contributed by atoms with van der Waals surface area (Å²) in [4.78, 5) is 0. The summed E-state index contributed by atoms with van der Waals surface area (Å²) in [6.45, 7) is 0.378. The van der Waals surface area contributed by atoms with Crippen LogP contribution in [0.2, 0.25) is 0 Å². The van der Waals surface area contributed by atoms with Crippen LogP contribution in [0.3, 0.4) is 0 Å². The van der Waals surface area contributed by atoms with Crippen LogP contribution < -0.4 is 10.5 Å². The molecule has 0 aliphatic heterocycles. The maximum Gasteiger partial charge on any atom is 0.174 e. The fourth-order valence-corrected chi connectivity index (χ4v) is 1.36. The third-order valence-corrected chi connectivity index (χ3v) is 2.00. The average Bonchev–Trinajstić information content (AvgIpc) is 2.28. The lowest BCUT2D eigenvalue weighted by Crippen LogP contribution is -2.17. The Morgan fingerprint density at radius 1 is 1.47 bits per heavy atom. The van der Waals surface area contributed by atoms with Crippen LogP contribution in [-0.4, -0.2) is 25.3 Å². The second kappa shape index (κ2) is 5.21. The third-order valence-electron chi connectivity index (χ3n) is 2.00. The summed E-state index contributed by atoms with van der Waals surface area (Å²) in [7, 11) is 3.11. The van der Waals surface area contributed by atoms with E-state index in [4.69, 9.17) is 20.4 Å². The van der Waals surface area contributed by atoms with Crippen molar-refractivity contribution in [3.8, 4) is 5.75 Å². The number of hydrogen-bond donors (Lipinski definition) is 2. The first-order chi connectivity index (χ1) is 7.24. The van der Waals surface area contributed by atoms with E-state index in [-0.39, 0.29) is 5.84 Å². The van der Waals surface area contributed by atoms with Gasteiger partial charge in [0, 0.05) is 7.11 Å². The van der Waals surface area contributed by atoms with Crippen molar-refractivity contribution in [3.63, 3.8) is 0 Å². The molecular formula is C10H14N2O3. The summed E-state index contributed by atoms with van der Waals surface area (Å²) in [6.07, 6.45) is 0. The van der Waals surface area contributed by atoms with Crippen LogP contribution in [0.15, 0.2) is 23.4 Å². The number of oxime groups is 1. The molecule has 0 aromatic heterocycles. The molecular weight excluding hydrogens is 196 g/mol. The van der Waals surface area contributed by atoms with Gasteiger partial charge in [-0.25, -0.2) is 0 Å². The maximum atomic E-state index is 8.67. The van der Waals surface area contributed by atoms with E-state index in [1.807, 2.05) is 12.1 Å². The van der Waals surface area contributed by atoms with Gasteiger partial charge in [0.15, 0.2) is 5.84 Å². The van der Waals surface area contributed by atoms with Crippen molar-refractivity contribution in [1.82, 2.24) is 0 Å². The van der Waals surface area contributed by atoms with Crippen molar-refractivity contribution in [2.75, 3.05) is 14.2 Å². The van der Waals surface area contributed by atoms with Gasteiger partial charge >= 0.3 is 0 Å². The molecule has 0 atom stereocenters. The van der Waals surface area contributed by atoms with E-state index in [9.17, 15) is 0 Å². The fourth-order valence-electron chi connectivity index (χ4n) is 1.36. The smallest absolute Gasteiger partial charge is 0.174 e. The Morgan fingerprint density at radius 3 is 2.73 bits per heavy atom. The second-order valence-corrected chi connectivity index (χ2v) is 2.91. The lowest BCUT2D eigenvalue weighted by atomic mass is 10.1. The van der Waals surface area contributed by atoms with Gasteiger partial charge in [-0.2, -0.15) is 0 Å². The minimum Gasteiger partial charge on any atom is -0.496 e. The molecule has 0 amide bonds. The van der Waals surface area contributed by atoms with E-state index < -0.39 is 0 Å². The van der Waals surface area contributed by atoms with Crippen molar-refractivity contribution >= 4 is 5.84 Å². The van der Waals surface area contributed by atoms with Crippen molar-refractivity contribution in [2.45, 2.75) is 6.61 Å². The van der Waals surface area contributed by atoms with Crippen LogP contribution in [0.1, 0.15) is 11.1 Å². The highest BCUT2D eigenvalue weighted by Crippen LogP contribution is 2.22. The van der Waals surface area contributed by atoms with Gasteiger partial charge in [0.2, 0.25) is 0 Å². The van der Waals surface area contributed by atoms with Gasteiger partial charge in [-0.05, 0) is 11.6 Å². The van der Waals surface area contributed by atoms with Crippen molar-refractivity contribution in [2.24, 2.45) is 10.9 Å². The van der Waals surface area contributed by atoms with Gasteiger partial charge in [-0.3, -0.25) is 0 Å². The summed E-state index contributed by atoms with van der Waals surface area (Å²) in [6, 6.07) is 5.40. The zero-order valence-corrected chi connectivity index (χ0v) is 8.73. The molecule has 5 heteroatoms. The lowest BCUT2D eigenvalue weighted by molar-refractivity contribution is 0.184. The number of nitrogens with zero attached hydrogens (tertiary/aromatic N) is 1. The van der Waals surface area contributed by atoms with Crippen LogP contribution in [0.4, 0.5) is 0 Å². The lowest BCUT2D eigenvalue weighted by Gasteiger charge is -2.11. The molecule has 5 nitrogen and oxygen atoms in total. The van der Waals surface area contributed by atoms with Crippen LogP contribution in [0, 0.1) is 0 Å². The number of methoxy groups -OCH3 is 2. The Balaban J connectivity index is 3.26. The van der Waals surface area contributed by atoms with Gasteiger partial charge in [-0.15, -0.1) is 0 Å². The molecule has 0 aliphatic rings. The zero-order valence-electron chi connectivity index (χ0n) is 8.73. The standard InChI is InChI=1S/C10H14N2O3/c1-14-6-7-4-3-5-8(15-2)9(7)10(11)12-13/h3-5,13H,6H2,1-2H3,(H2,11,12). The Morgan fingerprint density at radius 2 is 2.20 bits per heavy atom. The average molecular weight is 210 g/mol. The van der Waals surface area contributed by atoms with Gasteiger partial charge in [0.1, 0.15) is 5.75 Å². The monoisotopic (exact) mass is 210 g/mol. The molecule has 0 bridgehead atoms. The van der Waals surface area contributed by atoms with Gasteiger partial charge in [0.05, 0.1) is 19.3 Å². The second-order valence-electron chi connectivity index (χ2n) is 2.91. The molecule has 82 valence electrons. The van der Waals surface area contributed by atoms with Crippen molar-refractivity contribution in [1.29, 1.82) is 0 Å². The predicted octanol–water partition coefficient (Wildman–Crippen LogP) is 0.936. The molecule has 1 aromatic rings. The predicted molar refractivity (Wildman–Crippen MR) is 56.2 cm³/mol. The molecule has 1 rings (SSSR count). The molecule has 0 unspecified atom stereocenters. The summed E-state index contributed by atoms with van der Waals surface area (Å²) >= 11 is 0. The Bertz CT molecular complexity index is 364. The maximum absolute atomic E-state index is 8.67. The Kier molecular flexibility index (Phi) is 3.93. The van der Waals surface area contributed by atoms with E-state index in [1.165, 1.54) is 7.11 Å². The molecule has 15 heavy (non-hydrogen) atoms. The first kappa shape index (κ1) is 11.3. The van der Waals surface area contributed by atoms with Crippen LogP contribution in [0.25, 0.3) is 0 Å². The number of ether oxygens (including phenoxy) is 2.